The van der Waals surface area contributed by atoms with E-state index in [2.05, 4.69) is 10.3 Å². The molecule has 6 heteroatoms. The number of rotatable bonds is 3. The highest BCUT2D eigenvalue weighted by Crippen LogP contribution is 2.22. The van der Waals surface area contributed by atoms with Crippen molar-refractivity contribution in [2.24, 2.45) is 0 Å². The summed E-state index contributed by atoms with van der Waals surface area (Å²) >= 11 is 5.94. The molecule has 1 aliphatic rings. The Morgan fingerprint density at radius 2 is 2.19 bits per heavy atom. The molecule has 110 valence electrons. The summed E-state index contributed by atoms with van der Waals surface area (Å²) in [6.45, 7) is 2.74. The van der Waals surface area contributed by atoms with Crippen LogP contribution in [0.25, 0.3) is 10.9 Å². The molecule has 21 heavy (non-hydrogen) atoms. The van der Waals surface area contributed by atoms with Crippen molar-refractivity contribution < 1.29 is 9.59 Å². The Labute approximate surface area is 127 Å². The molecule has 3 rings (SSSR count). The van der Waals surface area contributed by atoms with Gasteiger partial charge in [0.1, 0.15) is 0 Å². The van der Waals surface area contributed by atoms with Crippen molar-refractivity contribution in [3.63, 3.8) is 0 Å². The summed E-state index contributed by atoms with van der Waals surface area (Å²) in [7, 11) is 0. The molecule has 2 amide bonds. The van der Waals surface area contributed by atoms with Crippen LogP contribution in [0.4, 0.5) is 0 Å². The highest BCUT2D eigenvalue weighted by molar-refractivity contribution is 6.31. The van der Waals surface area contributed by atoms with Gasteiger partial charge in [-0.15, -0.1) is 0 Å². The van der Waals surface area contributed by atoms with Gasteiger partial charge in [0.2, 0.25) is 11.8 Å². The minimum Gasteiger partial charge on any atom is -0.361 e. The van der Waals surface area contributed by atoms with Gasteiger partial charge >= 0.3 is 0 Å². The highest BCUT2D eigenvalue weighted by Gasteiger charge is 2.29. The van der Waals surface area contributed by atoms with Crippen molar-refractivity contribution in [3.05, 3.63) is 35.0 Å². The fourth-order valence-electron chi connectivity index (χ4n) is 2.58. The number of aromatic nitrogens is 1. The molecule has 0 bridgehead atoms. The topological polar surface area (TPSA) is 65.2 Å². The first kappa shape index (κ1) is 13.9. The number of H-pyrrole nitrogens is 1. The third-order valence-corrected chi connectivity index (χ3v) is 4.01. The number of nitrogens with zero attached hydrogens (tertiary/aromatic N) is 1. The summed E-state index contributed by atoms with van der Waals surface area (Å²) in [6.07, 6.45) is 2.15. The van der Waals surface area contributed by atoms with E-state index in [1.54, 1.807) is 4.90 Å². The van der Waals surface area contributed by atoms with Gasteiger partial charge in [0.15, 0.2) is 0 Å². The molecule has 1 fully saturated rings. The zero-order valence-corrected chi connectivity index (χ0v) is 12.4. The first-order valence-corrected chi connectivity index (χ1v) is 7.21. The minimum absolute atomic E-state index is 0.0287. The summed E-state index contributed by atoms with van der Waals surface area (Å²) in [4.78, 5) is 28.0. The van der Waals surface area contributed by atoms with Crippen LogP contribution in [0.2, 0.25) is 5.02 Å². The van der Waals surface area contributed by atoms with Gasteiger partial charge in [-0.3, -0.25) is 9.59 Å². The maximum Gasteiger partial charge on any atom is 0.224 e. The molecule has 2 heterocycles. The molecule has 2 aromatic rings. The number of hydrogen-bond acceptors (Lipinski definition) is 2. The average Bonchev–Trinajstić information content (AvgIpc) is 2.75. The second kappa shape index (κ2) is 5.41. The number of halogens is 1. The lowest BCUT2D eigenvalue weighted by Crippen LogP contribution is -2.60. The van der Waals surface area contributed by atoms with E-state index in [0.29, 0.717) is 24.5 Å². The number of hydrogen-bond donors (Lipinski definition) is 2. The molecular weight excluding hydrogens is 290 g/mol. The number of carbonyl (C=O) groups is 2. The molecule has 1 aromatic carbocycles. The highest BCUT2D eigenvalue weighted by atomic mass is 35.5. The van der Waals surface area contributed by atoms with Gasteiger partial charge in [-0.05, 0) is 17.7 Å². The Balaban J connectivity index is 1.61. The van der Waals surface area contributed by atoms with Crippen molar-refractivity contribution in [1.29, 1.82) is 0 Å². The third kappa shape index (κ3) is 2.88. The van der Waals surface area contributed by atoms with Crippen LogP contribution < -0.4 is 5.32 Å². The van der Waals surface area contributed by atoms with E-state index in [1.165, 1.54) is 6.92 Å². The van der Waals surface area contributed by atoms with Crippen LogP contribution >= 0.6 is 11.6 Å². The smallest absolute Gasteiger partial charge is 0.224 e. The summed E-state index contributed by atoms with van der Waals surface area (Å²) in [5, 5.41) is 4.62. The Kier molecular flexibility index (Phi) is 3.59. The molecule has 0 unspecified atom stereocenters. The van der Waals surface area contributed by atoms with Crippen LogP contribution in [0.3, 0.4) is 0 Å². The van der Waals surface area contributed by atoms with Crippen molar-refractivity contribution in [2.45, 2.75) is 19.4 Å². The normalized spacial score (nSPS) is 15.0. The number of carbonyl (C=O) groups excluding carboxylic acids is 2. The van der Waals surface area contributed by atoms with Crippen molar-refractivity contribution >= 4 is 34.3 Å². The predicted molar refractivity (Wildman–Crippen MR) is 81.2 cm³/mol. The number of benzene rings is 1. The molecule has 2 N–H and O–H groups in total. The van der Waals surface area contributed by atoms with Crippen molar-refractivity contribution in [1.82, 2.24) is 15.2 Å². The molecule has 0 atom stereocenters. The third-order valence-electron chi connectivity index (χ3n) is 3.77. The second-order valence-electron chi connectivity index (χ2n) is 5.37. The standard InChI is InChI=1S/C15H16ClN3O2/c1-9(20)19-7-12(8-19)18-15(21)4-10-6-17-14-5-11(16)2-3-13(10)14/h2-3,5-6,12,17H,4,7-8H2,1H3,(H,18,21). The number of fused-ring (bicyclic) bond motifs is 1. The molecular formula is C15H16ClN3O2. The van der Waals surface area contributed by atoms with Crippen LogP contribution in [0, 0.1) is 0 Å². The molecule has 1 aliphatic heterocycles. The summed E-state index contributed by atoms with van der Waals surface area (Å²) in [5.74, 6) is 0.0214. The largest absolute Gasteiger partial charge is 0.361 e. The van der Waals surface area contributed by atoms with Crippen LogP contribution in [-0.2, 0) is 16.0 Å². The molecule has 1 saturated heterocycles. The van der Waals surface area contributed by atoms with Crippen LogP contribution in [0.1, 0.15) is 12.5 Å². The zero-order valence-electron chi connectivity index (χ0n) is 11.6. The summed E-state index contributed by atoms with van der Waals surface area (Å²) < 4.78 is 0. The van der Waals surface area contributed by atoms with Crippen LogP contribution in [0.15, 0.2) is 24.4 Å². The molecule has 1 aromatic heterocycles. The fourth-order valence-corrected chi connectivity index (χ4v) is 2.76. The molecule has 0 saturated carbocycles. The Hall–Kier alpha value is -2.01. The van der Waals surface area contributed by atoms with Gasteiger partial charge in [0, 0.05) is 42.1 Å². The van der Waals surface area contributed by atoms with E-state index in [0.717, 1.165) is 16.5 Å². The molecule has 0 radical (unpaired) electrons. The number of nitrogens with one attached hydrogen (secondary N) is 2. The van der Waals surface area contributed by atoms with E-state index >= 15 is 0 Å². The quantitative estimate of drug-likeness (QED) is 0.906. The van der Waals surface area contributed by atoms with Gasteiger partial charge in [0.05, 0.1) is 12.5 Å². The maximum absolute atomic E-state index is 12.0. The SMILES string of the molecule is CC(=O)N1CC(NC(=O)Cc2c[nH]c3cc(Cl)ccc23)C1. The Morgan fingerprint density at radius 1 is 1.43 bits per heavy atom. The summed E-state index contributed by atoms with van der Waals surface area (Å²) in [6, 6.07) is 5.64. The molecule has 0 aliphatic carbocycles. The number of aromatic amines is 1. The van der Waals surface area contributed by atoms with Gasteiger partial charge in [-0.1, -0.05) is 17.7 Å². The van der Waals surface area contributed by atoms with E-state index in [9.17, 15) is 9.59 Å². The average molecular weight is 306 g/mol. The summed E-state index contributed by atoms with van der Waals surface area (Å²) in [5.41, 5.74) is 1.87. The van der Waals surface area contributed by atoms with Gasteiger partial charge in [-0.25, -0.2) is 0 Å². The first-order valence-electron chi connectivity index (χ1n) is 6.83. The van der Waals surface area contributed by atoms with Gasteiger partial charge in [0.25, 0.3) is 0 Å². The lowest BCUT2D eigenvalue weighted by molar-refractivity contribution is -0.135. The molecule has 5 nitrogen and oxygen atoms in total. The van der Waals surface area contributed by atoms with E-state index in [1.807, 2.05) is 24.4 Å². The van der Waals surface area contributed by atoms with Crippen LogP contribution in [-0.4, -0.2) is 40.8 Å². The predicted octanol–water partition coefficient (Wildman–Crippen LogP) is 1.71. The Morgan fingerprint density at radius 3 is 2.90 bits per heavy atom. The van der Waals surface area contributed by atoms with Crippen molar-refractivity contribution in [3.8, 4) is 0 Å². The first-order chi connectivity index (χ1) is 10.0. The zero-order chi connectivity index (χ0) is 15.0. The van der Waals surface area contributed by atoms with Crippen LogP contribution in [0.5, 0.6) is 0 Å². The Bertz CT molecular complexity index is 704. The van der Waals surface area contributed by atoms with E-state index < -0.39 is 0 Å². The number of likely N-dealkylation sites (tertiary alicyclic amines) is 1. The van der Waals surface area contributed by atoms with Gasteiger partial charge < -0.3 is 15.2 Å². The fraction of sp³-hybridized carbons (Fsp3) is 0.333. The maximum atomic E-state index is 12.0. The van der Waals surface area contributed by atoms with Crippen molar-refractivity contribution in [2.75, 3.05) is 13.1 Å². The van der Waals surface area contributed by atoms with E-state index in [4.69, 9.17) is 11.6 Å². The van der Waals surface area contributed by atoms with E-state index in [-0.39, 0.29) is 17.9 Å². The number of amides is 2. The lowest BCUT2D eigenvalue weighted by atomic mass is 10.1. The monoisotopic (exact) mass is 305 g/mol. The molecule has 0 spiro atoms. The second-order valence-corrected chi connectivity index (χ2v) is 5.81. The minimum atomic E-state index is -0.0287. The lowest BCUT2D eigenvalue weighted by Gasteiger charge is -2.38. The van der Waals surface area contributed by atoms with Gasteiger partial charge in [-0.2, -0.15) is 0 Å².